The van der Waals surface area contributed by atoms with Crippen molar-refractivity contribution in [3.63, 3.8) is 0 Å². The second-order valence-electron chi connectivity index (χ2n) is 13.6. The molecule has 0 saturated carbocycles. The van der Waals surface area contributed by atoms with E-state index in [4.69, 9.17) is 21.1 Å². The number of rotatable bonds is 6. The molecule has 4 aliphatic heterocycles. The van der Waals surface area contributed by atoms with E-state index < -0.39 is 65.6 Å². The van der Waals surface area contributed by atoms with Gasteiger partial charge in [-0.3, -0.25) is 19.2 Å². The maximum Gasteiger partial charge on any atom is 0.313 e. The molecule has 4 aliphatic rings. The van der Waals surface area contributed by atoms with Crippen molar-refractivity contribution in [2.24, 2.45) is 17.8 Å². The second-order valence-corrected chi connectivity index (χ2v) is 15.0. The minimum absolute atomic E-state index is 0.0862. The number of carbonyl (C=O) groups is 4. The average Bonchev–Trinajstić information content (AvgIpc) is 3.67. The monoisotopic (exact) mass is 753 g/mol. The maximum absolute atomic E-state index is 15.1. The van der Waals surface area contributed by atoms with Crippen LogP contribution in [0.25, 0.3) is 0 Å². The highest BCUT2D eigenvalue weighted by Gasteiger charge is 2.75. The Morgan fingerprint density at radius 1 is 1.02 bits per heavy atom. The van der Waals surface area contributed by atoms with Gasteiger partial charge in [-0.15, -0.1) is 0 Å². The number of carbonyl (C=O) groups excluding carboxylic acids is 4. The number of anilines is 1. The predicted molar refractivity (Wildman–Crippen MR) is 188 cm³/mol. The Hall–Kier alpha value is -3.51. The molecule has 2 N–H and O–H groups in total. The van der Waals surface area contributed by atoms with Crippen LogP contribution in [0.15, 0.2) is 77.3 Å². The summed E-state index contributed by atoms with van der Waals surface area (Å²) in [6.07, 6.45) is 4.68. The Morgan fingerprint density at radius 3 is 2.41 bits per heavy atom. The number of allylic oxidation sites excluding steroid dienone is 1. The number of hydrogen-bond donors (Lipinski definition) is 2. The summed E-state index contributed by atoms with van der Waals surface area (Å²) in [6, 6.07) is 13.4. The third-order valence-electron chi connectivity index (χ3n) is 9.83. The Labute approximate surface area is 299 Å². The van der Waals surface area contributed by atoms with Crippen LogP contribution in [0.2, 0.25) is 5.02 Å². The number of ether oxygens (including phenoxy) is 2. The first-order valence-corrected chi connectivity index (χ1v) is 17.9. The summed E-state index contributed by atoms with van der Waals surface area (Å²) in [7, 11) is 0. The zero-order valence-electron chi connectivity index (χ0n) is 27.6. The number of fused-ring (bicyclic) bond motifs is 2. The zero-order chi connectivity index (χ0) is 35.0. The number of nitrogens with zero attached hydrogens (tertiary/aromatic N) is 2. The van der Waals surface area contributed by atoms with Gasteiger partial charge in [-0.2, -0.15) is 0 Å². The van der Waals surface area contributed by atoms with Crippen LogP contribution >= 0.6 is 27.5 Å². The molecule has 8 atom stereocenters. The van der Waals surface area contributed by atoms with Crippen LogP contribution in [-0.2, 0) is 28.7 Å². The second kappa shape index (κ2) is 14.4. The molecular formula is C37H41BrClN3O7. The molecule has 2 fully saturated rings. The first-order valence-electron chi connectivity index (χ1n) is 16.7. The third-order valence-corrected chi connectivity index (χ3v) is 10.8. The highest BCUT2D eigenvalue weighted by atomic mass is 79.9. The van der Waals surface area contributed by atoms with Gasteiger partial charge in [0, 0.05) is 28.2 Å². The lowest BCUT2D eigenvalue weighted by Gasteiger charge is -2.39. The molecule has 0 radical (unpaired) electrons. The van der Waals surface area contributed by atoms with Gasteiger partial charge in [-0.1, -0.05) is 83.9 Å². The molecule has 1 spiro atoms. The number of aliphatic hydroxyl groups is 1. The molecule has 5 bridgehead atoms. The van der Waals surface area contributed by atoms with Crippen LogP contribution in [0.4, 0.5) is 5.69 Å². The van der Waals surface area contributed by atoms with Crippen molar-refractivity contribution >= 4 is 56.9 Å². The molecule has 0 unspecified atom stereocenters. The summed E-state index contributed by atoms with van der Waals surface area (Å²) in [5, 5.41) is 14.2. The Morgan fingerprint density at radius 2 is 1.73 bits per heavy atom. The molecule has 4 heterocycles. The number of amides is 3. The van der Waals surface area contributed by atoms with Crippen molar-refractivity contribution in [3.8, 4) is 0 Å². The number of hydrogen-bond acceptors (Lipinski definition) is 7. The number of likely N-dealkylation sites (tertiary alicyclic amines) is 1. The van der Waals surface area contributed by atoms with Crippen LogP contribution in [0.1, 0.15) is 51.7 Å². The van der Waals surface area contributed by atoms with E-state index in [0.29, 0.717) is 33.6 Å². The lowest BCUT2D eigenvalue weighted by atomic mass is 9.74. The normalized spacial score (nSPS) is 31.8. The van der Waals surface area contributed by atoms with Crippen LogP contribution in [0, 0.1) is 17.8 Å². The summed E-state index contributed by atoms with van der Waals surface area (Å²) >= 11 is 9.81. The van der Waals surface area contributed by atoms with E-state index >= 15 is 4.79 Å². The van der Waals surface area contributed by atoms with Gasteiger partial charge in [0.05, 0.1) is 24.6 Å². The Bertz CT molecular complexity index is 1650. The number of esters is 1. The standard InChI is InChI=1S/C37H41BrClN3O7/c1-21(2)18-26(20-43)42-33-35(46)41(25-15-13-24(39)14-16-25)17-9-5-8-12-28(44)40-22(3)31(23-10-6-4-7-11-23)48-36(47)29-30(34(42)45)37(33)19-27(38)32(29)49-37/h4-7,9-11,13-16,19,21-22,26,29-33,43H,8,12,17-18,20H2,1-3H3,(H,40,44)/b9-5-/t22-,26-,29+,30-,31+,32+,33+,37-/m1/s1. The van der Waals surface area contributed by atoms with Gasteiger partial charge in [0.25, 0.3) is 5.91 Å². The molecule has 3 amide bonds. The summed E-state index contributed by atoms with van der Waals surface area (Å²) in [5.41, 5.74) is -0.300. The zero-order valence-corrected chi connectivity index (χ0v) is 30.0. The summed E-state index contributed by atoms with van der Waals surface area (Å²) < 4.78 is 13.4. The lowest BCUT2D eigenvalue weighted by Crippen LogP contribution is -2.59. The minimum atomic E-state index is -1.52. The fourth-order valence-corrected chi connectivity index (χ4v) is 8.59. The smallest absolute Gasteiger partial charge is 0.313 e. The number of aliphatic hydroxyl groups excluding tert-OH is 1. The molecule has 2 aromatic rings. The topological polar surface area (TPSA) is 125 Å². The van der Waals surface area contributed by atoms with Crippen molar-refractivity contribution < 1.29 is 33.8 Å². The van der Waals surface area contributed by atoms with Crippen molar-refractivity contribution in [2.75, 3.05) is 18.1 Å². The first kappa shape index (κ1) is 35.3. The summed E-state index contributed by atoms with van der Waals surface area (Å²) in [5.74, 6) is -3.90. The van der Waals surface area contributed by atoms with Gasteiger partial charge in [0.15, 0.2) is 0 Å². The van der Waals surface area contributed by atoms with Crippen LogP contribution in [0.3, 0.4) is 0 Å². The molecule has 260 valence electrons. The summed E-state index contributed by atoms with van der Waals surface area (Å²) in [6.45, 7) is 5.49. The van der Waals surface area contributed by atoms with E-state index in [1.165, 1.54) is 4.90 Å². The van der Waals surface area contributed by atoms with Crippen LogP contribution in [-0.4, -0.2) is 76.7 Å². The molecular weight excluding hydrogens is 714 g/mol. The SMILES string of the molecule is CC(C)C[C@H](CO)N1C(=O)[C@H]2[C@@H]3C(=O)O[C@H](c4ccccc4)[C@@H](C)NC(=O)CC/C=C\CN(c4ccc(Cl)cc4)C(=O)[C@H]1[C@@]21C=C(Br)[C@@H]3O1. The van der Waals surface area contributed by atoms with E-state index in [0.717, 1.165) is 0 Å². The predicted octanol–water partition coefficient (Wildman–Crippen LogP) is 5.09. The van der Waals surface area contributed by atoms with Crippen molar-refractivity contribution in [3.05, 3.63) is 87.9 Å². The number of nitrogens with one attached hydrogen (secondary N) is 1. The van der Waals surface area contributed by atoms with Crippen molar-refractivity contribution in [1.29, 1.82) is 0 Å². The molecule has 2 aromatic carbocycles. The fourth-order valence-electron chi connectivity index (χ4n) is 7.73. The van der Waals surface area contributed by atoms with Gasteiger partial charge >= 0.3 is 5.97 Å². The van der Waals surface area contributed by atoms with E-state index in [9.17, 15) is 19.5 Å². The minimum Gasteiger partial charge on any atom is -0.455 e. The molecule has 6 rings (SSSR count). The van der Waals surface area contributed by atoms with Gasteiger partial charge in [0.1, 0.15) is 29.8 Å². The molecule has 0 aromatic heterocycles. The largest absolute Gasteiger partial charge is 0.455 e. The average molecular weight is 755 g/mol. The van der Waals surface area contributed by atoms with Crippen LogP contribution < -0.4 is 10.2 Å². The Kier molecular flexibility index (Phi) is 10.4. The maximum atomic E-state index is 15.1. The van der Waals surface area contributed by atoms with E-state index in [1.807, 2.05) is 56.3 Å². The Balaban J connectivity index is 1.50. The van der Waals surface area contributed by atoms with E-state index in [2.05, 4.69) is 21.2 Å². The van der Waals surface area contributed by atoms with Gasteiger partial charge in [-0.25, -0.2) is 0 Å². The summed E-state index contributed by atoms with van der Waals surface area (Å²) in [4.78, 5) is 60.3. The quantitative estimate of drug-likeness (QED) is 0.311. The molecule has 2 saturated heterocycles. The van der Waals surface area contributed by atoms with E-state index in [1.54, 1.807) is 42.2 Å². The van der Waals surface area contributed by atoms with Crippen molar-refractivity contribution in [2.45, 2.75) is 76.0 Å². The van der Waals surface area contributed by atoms with E-state index in [-0.39, 0.29) is 31.4 Å². The number of halogens is 2. The highest BCUT2D eigenvalue weighted by molar-refractivity contribution is 9.11. The van der Waals surface area contributed by atoms with Gasteiger partial charge < -0.3 is 29.7 Å². The molecule has 49 heavy (non-hydrogen) atoms. The first-order chi connectivity index (χ1) is 23.5. The van der Waals surface area contributed by atoms with Gasteiger partial charge in [-0.05, 0) is 61.6 Å². The third kappa shape index (κ3) is 6.58. The van der Waals surface area contributed by atoms with Crippen molar-refractivity contribution in [1.82, 2.24) is 10.2 Å². The molecule has 0 aliphatic carbocycles. The molecule has 10 nitrogen and oxygen atoms in total. The molecule has 12 heteroatoms. The van der Waals surface area contributed by atoms with Gasteiger partial charge in [0.2, 0.25) is 11.8 Å². The number of cyclic esters (lactones) is 1. The lowest BCUT2D eigenvalue weighted by molar-refractivity contribution is -0.161. The van der Waals surface area contributed by atoms with Crippen LogP contribution in [0.5, 0.6) is 0 Å². The number of benzene rings is 2. The highest BCUT2D eigenvalue weighted by Crippen LogP contribution is 2.59. The fraction of sp³-hybridized carbons (Fsp3) is 0.459.